The number of carbonyl (C=O) groups is 1. The molecular weight excluding hydrogens is 289 g/mol. The molecule has 0 spiro atoms. The van der Waals surface area contributed by atoms with Crippen molar-refractivity contribution in [1.29, 1.82) is 0 Å². The summed E-state index contributed by atoms with van der Waals surface area (Å²) in [6.07, 6.45) is -8.79. The van der Waals surface area contributed by atoms with Crippen molar-refractivity contribution in [3.05, 3.63) is 22.9 Å². The first-order valence-corrected chi connectivity index (χ1v) is 5.20. The van der Waals surface area contributed by atoms with Gasteiger partial charge in [-0.1, -0.05) is 0 Å². The predicted octanol–water partition coefficient (Wildman–Crippen LogP) is 2.76. The lowest BCUT2D eigenvalue weighted by Gasteiger charge is -2.15. The van der Waals surface area contributed by atoms with Crippen molar-refractivity contribution >= 4 is 5.97 Å². The van der Waals surface area contributed by atoms with Gasteiger partial charge in [0.15, 0.2) is 0 Å². The average Bonchev–Trinajstić information content (AvgIpc) is 2.36. The molecule has 4 nitrogen and oxygen atoms in total. The Morgan fingerprint density at radius 3 is 2.35 bits per heavy atom. The van der Waals surface area contributed by atoms with Gasteiger partial charge in [-0.15, -0.1) is 0 Å². The molecule has 1 aromatic heterocycles. The molecule has 0 aliphatic carbocycles. The minimum Gasteiger partial charge on any atom is -0.481 e. The lowest BCUT2D eigenvalue weighted by atomic mass is 10.1. The van der Waals surface area contributed by atoms with Gasteiger partial charge in [-0.05, 0) is 6.07 Å². The molecule has 1 aromatic rings. The van der Waals surface area contributed by atoms with Crippen molar-refractivity contribution in [2.75, 3.05) is 14.2 Å². The van der Waals surface area contributed by atoms with Crippen LogP contribution in [-0.2, 0) is 22.1 Å². The summed E-state index contributed by atoms with van der Waals surface area (Å²) in [6.45, 7) is 0. The summed E-state index contributed by atoms with van der Waals surface area (Å²) in [5.41, 5.74) is -2.93. The number of halogens is 5. The van der Waals surface area contributed by atoms with Crippen LogP contribution in [0, 0.1) is 0 Å². The number of nitrogens with zero attached hydrogens (tertiary/aromatic N) is 1. The van der Waals surface area contributed by atoms with E-state index in [0.29, 0.717) is 0 Å². The number of hydrogen-bond acceptors (Lipinski definition) is 4. The van der Waals surface area contributed by atoms with Crippen molar-refractivity contribution in [3.8, 4) is 5.88 Å². The first kappa shape index (κ1) is 16.1. The van der Waals surface area contributed by atoms with E-state index in [0.717, 1.165) is 14.2 Å². The normalized spacial score (nSPS) is 11.6. The second-order valence-electron chi connectivity index (χ2n) is 3.63. The summed E-state index contributed by atoms with van der Waals surface area (Å²) in [7, 11) is 1.94. The Balaban J connectivity index is 3.41. The highest BCUT2D eigenvalue weighted by Gasteiger charge is 2.37. The van der Waals surface area contributed by atoms with Crippen LogP contribution < -0.4 is 4.74 Å². The van der Waals surface area contributed by atoms with E-state index in [1.54, 1.807) is 0 Å². The summed E-state index contributed by atoms with van der Waals surface area (Å²) in [5.74, 6) is -1.78. The summed E-state index contributed by atoms with van der Waals surface area (Å²) in [5, 5.41) is 0. The van der Waals surface area contributed by atoms with E-state index < -0.39 is 47.7 Å². The molecule has 20 heavy (non-hydrogen) atoms. The highest BCUT2D eigenvalue weighted by atomic mass is 19.4. The van der Waals surface area contributed by atoms with Crippen LogP contribution in [0.25, 0.3) is 0 Å². The van der Waals surface area contributed by atoms with Crippen LogP contribution in [0.4, 0.5) is 22.0 Å². The minimum atomic E-state index is -4.90. The van der Waals surface area contributed by atoms with E-state index in [9.17, 15) is 26.7 Å². The lowest BCUT2D eigenvalue weighted by Crippen LogP contribution is -2.15. The maximum atomic E-state index is 12.8. The second-order valence-corrected chi connectivity index (χ2v) is 3.63. The Hall–Kier alpha value is -1.93. The van der Waals surface area contributed by atoms with Gasteiger partial charge in [0.05, 0.1) is 26.3 Å². The Bertz CT molecular complexity index is 502. The van der Waals surface area contributed by atoms with Crippen LogP contribution in [0.2, 0.25) is 0 Å². The summed E-state index contributed by atoms with van der Waals surface area (Å²) >= 11 is 0. The molecule has 0 aliphatic heterocycles. The third kappa shape index (κ3) is 3.55. The highest BCUT2D eigenvalue weighted by molar-refractivity contribution is 5.72. The van der Waals surface area contributed by atoms with Gasteiger partial charge in [0.2, 0.25) is 5.88 Å². The average molecular weight is 299 g/mol. The maximum absolute atomic E-state index is 12.8. The number of rotatable bonds is 4. The van der Waals surface area contributed by atoms with Gasteiger partial charge in [0.1, 0.15) is 5.56 Å². The van der Waals surface area contributed by atoms with E-state index in [-0.39, 0.29) is 6.07 Å². The summed E-state index contributed by atoms with van der Waals surface area (Å²) in [6, 6.07) is 0.231. The fraction of sp³-hybridized carbons (Fsp3) is 0.455. The molecule has 0 unspecified atom stereocenters. The molecule has 0 amide bonds. The summed E-state index contributed by atoms with van der Waals surface area (Å²) < 4.78 is 72.3. The van der Waals surface area contributed by atoms with Gasteiger partial charge in [-0.3, -0.25) is 4.79 Å². The van der Waals surface area contributed by atoms with Crippen molar-refractivity contribution in [2.24, 2.45) is 0 Å². The fourth-order valence-corrected chi connectivity index (χ4v) is 1.45. The number of hydrogen-bond donors (Lipinski definition) is 0. The predicted molar refractivity (Wildman–Crippen MR) is 56.5 cm³/mol. The van der Waals surface area contributed by atoms with Gasteiger partial charge in [-0.2, -0.15) is 13.2 Å². The van der Waals surface area contributed by atoms with E-state index in [1.807, 2.05) is 0 Å². The topological polar surface area (TPSA) is 48.4 Å². The third-order valence-electron chi connectivity index (χ3n) is 2.37. The van der Waals surface area contributed by atoms with E-state index in [1.165, 1.54) is 0 Å². The monoisotopic (exact) mass is 299 g/mol. The highest BCUT2D eigenvalue weighted by Crippen LogP contribution is 2.38. The molecule has 0 saturated carbocycles. The van der Waals surface area contributed by atoms with Crippen molar-refractivity contribution in [2.45, 2.75) is 19.0 Å². The molecule has 0 fully saturated rings. The molecule has 0 radical (unpaired) electrons. The molecule has 0 atom stereocenters. The van der Waals surface area contributed by atoms with Crippen molar-refractivity contribution < 1.29 is 36.2 Å². The molecule has 0 bridgehead atoms. The molecule has 0 N–H and O–H groups in total. The number of ether oxygens (including phenoxy) is 2. The Kier molecular flexibility index (Phi) is 4.85. The van der Waals surface area contributed by atoms with Gasteiger partial charge in [0.25, 0.3) is 6.43 Å². The SMILES string of the molecule is COC(=O)Cc1nc(OC)c(C(F)(F)F)cc1C(F)F. The molecule has 1 rings (SSSR count). The van der Waals surface area contributed by atoms with Crippen molar-refractivity contribution in [3.63, 3.8) is 0 Å². The zero-order valence-corrected chi connectivity index (χ0v) is 10.4. The quantitative estimate of drug-likeness (QED) is 0.633. The third-order valence-corrected chi connectivity index (χ3v) is 2.37. The van der Waals surface area contributed by atoms with Crippen LogP contribution in [0.5, 0.6) is 5.88 Å². The molecular formula is C11H10F5NO3. The first-order chi connectivity index (χ1) is 9.20. The van der Waals surface area contributed by atoms with Gasteiger partial charge < -0.3 is 9.47 Å². The van der Waals surface area contributed by atoms with Gasteiger partial charge >= 0.3 is 12.1 Å². The number of esters is 1. The fourth-order valence-electron chi connectivity index (χ4n) is 1.45. The zero-order valence-electron chi connectivity index (χ0n) is 10.4. The molecule has 9 heteroatoms. The zero-order chi connectivity index (χ0) is 15.5. The smallest absolute Gasteiger partial charge is 0.421 e. The number of alkyl halides is 5. The number of carbonyl (C=O) groups excluding carboxylic acids is 1. The van der Waals surface area contributed by atoms with E-state index in [4.69, 9.17) is 0 Å². The van der Waals surface area contributed by atoms with Crippen LogP contribution in [0.1, 0.15) is 23.2 Å². The molecule has 0 aromatic carbocycles. The lowest BCUT2D eigenvalue weighted by molar-refractivity contribution is -0.139. The van der Waals surface area contributed by atoms with Crippen LogP contribution in [-0.4, -0.2) is 25.2 Å². The van der Waals surface area contributed by atoms with Crippen LogP contribution >= 0.6 is 0 Å². The molecule has 112 valence electrons. The largest absolute Gasteiger partial charge is 0.481 e. The van der Waals surface area contributed by atoms with Gasteiger partial charge in [0, 0.05) is 5.56 Å². The Morgan fingerprint density at radius 2 is 1.95 bits per heavy atom. The van der Waals surface area contributed by atoms with Crippen molar-refractivity contribution in [1.82, 2.24) is 4.98 Å². The number of pyridine rings is 1. The second kappa shape index (κ2) is 6.02. The van der Waals surface area contributed by atoms with E-state index in [2.05, 4.69) is 14.5 Å². The Morgan fingerprint density at radius 1 is 1.35 bits per heavy atom. The minimum absolute atomic E-state index is 0.231. The van der Waals surface area contributed by atoms with Crippen LogP contribution in [0.3, 0.4) is 0 Å². The van der Waals surface area contributed by atoms with Crippen LogP contribution in [0.15, 0.2) is 6.07 Å². The standard InChI is InChI=1S/C11H10F5NO3/c1-19-8(18)4-7-5(9(12)13)3-6(11(14,15)16)10(17-7)20-2/h3,9H,4H2,1-2H3. The van der Waals surface area contributed by atoms with E-state index >= 15 is 0 Å². The number of aromatic nitrogens is 1. The van der Waals surface area contributed by atoms with Gasteiger partial charge in [-0.25, -0.2) is 13.8 Å². The first-order valence-electron chi connectivity index (χ1n) is 5.20. The maximum Gasteiger partial charge on any atom is 0.421 e. The number of methoxy groups -OCH3 is 2. The molecule has 0 aliphatic rings. The molecule has 0 saturated heterocycles. The Labute approximate surface area is 110 Å². The summed E-state index contributed by atoms with van der Waals surface area (Å²) in [4.78, 5) is 14.4. The molecule has 1 heterocycles.